The Morgan fingerprint density at radius 3 is 2.43 bits per heavy atom. The van der Waals surface area contributed by atoms with Crippen LogP contribution in [0.25, 0.3) is 11.3 Å². The number of unbranched alkanes of at least 4 members (excludes halogenated alkanes) is 3. The lowest BCUT2D eigenvalue weighted by Crippen LogP contribution is -2.00. The van der Waals surface area contributed by atoms with Crippen LogP contribution in [0.3, 0.4) is 0 Å². The first-order valence-electron chi connectivity index (χ1n) is 7.90. The fourth-order valence-corrected chi connectivity index (χ4v) is 2.52. The standard InChI is InChI=1S/C18H24N2O/c1-3-5-6-7-8-15-9-11-16(12-10-15)18-13-17(14-21)20(4-2)19-18/h9-14H,3-8H2,1-2H3. The van der Waals surface area contributed by atoms with Gasteiger partial charge >= 0.3 is 0 Å². The van der Waals surface area contributed by atoms with Crippen LogP contribution in [0.5, 0.6) is 0 Å². The van der Waals surface area contributed by atoms with E-state index in [2.05, 4.69) is 36.3 Å². The van der Waals surface area contributed by atoms with Crippen LogP contribution in [0.2, 0.25) is 0 Å². The van der Waals surface area contributed by atoms with Gasteiger partial charge < -0.3 is 0 Å². The van der Waals surface area contributed by atoms with Crippen LogP contribution in [0, 0.1) is 0 Å². The van der Waals surface area contributed by atoms with E-state index >= 15 is 0 Å². The van der Waals surface area contributed by atoms with E-state index < -0.39 is 0 Å². The maximum absolute atomic E-state index is 11.0. The van der Waals surface area contributed by atoms with Crippen molar-refractivity contribution in [3.05, 3.63) is 41.6 Å². The average Bonchev–Trinajstić information content (AvgIpc) is 2.95. The minimum absolute atomic E-state index is 0.635. The van der Waals surface area contributed by atoms with Gasteiger partial charge in [0.15, 0.2) is 6.29 Å². The second-order valence-electron chi connectivity index (χ2n) is 5.40. The van der Waals surface area contributed by atoms with E-state index in [4.69, 9.17) is 0 Å². The highest BCUT2D eigenvalue weighted by Crippen LogP contribution is 2.20. The van der Waals surface area contributed by atoms with Crippen LogP contribution < -0.4 is 0 Å². The maximum atomic E-state index is 11.0. The summed E-state index contributed by atoms with van der Waals surface area (Å²) in [4.78, 5) is 11.0. The number of aromatic nitrogens is 2. The molecule has 2 rings (SSSR count). The number of carbonyl (C=O) groups is 1. The second-order valence-corrected chi connectivity index (χ2v) is 5.40. The molecule has 0 aliphatic heterocycles. The van der Waals surface area contributed by atoms with Crippen LogP contribution in [0.15, 0.2) is 30.3 Å². The van der Waals surface area contributed by atoms with E-state index in [1.165, 1.54) is 31.2 Å². The number of rotatable bonds is 8. The Hall–Kier alpha value is -1.90. The molecule has 0 unspecified atom stereocenters. The summed E-state index contributed by atoms with van der Waals surface area (Å²) in [5.41, 5.74) is 3.95. The van der Waals surface area contributed by atoms with Gasteiger partial charge in [0.2, 0.25) is 0 Å². The number of aldehydes is 1. The van der Waals surface area contributed by atoms with Crippen LogP contribution >= 0.6 is 0 Å². The molecule has 0 radical (unpaired) electrons. The molecule has 0 aliphatic carbocycles. The molecule has 0 N–H and O–H groups in total. The van der Waals surface area contributed by atoms with Crippen molar-refractivity contribution >= 4 is 6.29 Å². The molecule has 0 saturated heterocycles. The van der Waals surface area contributed by atoms with Gasteiger partial charge in [-0.15, -0.1) is 0 Å². The highest BCUT2D eigenvalue weighted by atomic mass is 16.1. The third-order valence-corrected chi connectivity index (χ3v) is 3.80. The molecular weight excluding hydrogens is 260 g/mol. The molecule has 2 aromatic rings. The first kappa shape index (κ1) is 15.5. The van der Waals surface area contributed by atoms with Crippen molar-refractivity contribution in [2.45, 2.75) is 52.5 Å². The molecule has 0 atom stereocenters. The monoisotopic (exact) mass is 284 g/mol. The number of carbonyl (C=O) groups excluding carboxylic acids is 1. The topological polar surface area (TPSA) is 34.9 Å². The smallest absolute Gasteiger partial charge is 0.168 e. The molecule has 3 nitrogen and oxygen atoms in total. The fraction of sp³-hybridized carbons (Fsp3) is 0.444. The number of aryl methyl sites for hydroxylation is 2. The van der Waals surface area contributed by atoms with Gasteiger partial charge in [0, 0.05) is 12.1 Å². The predicted molar refractivity (Wildman–Crippen MR) is 86.6 cm³/mol. The van der Waals surface area contributed by atoms with E-state index in [-0.39, 0.29) is 0 Å². The van der Waals surface area contributed by atoms with Gasteiger partial charge in [0.05, 0.1) is 5.69 Å². The summed E-state index contributed by atoms with van der Waals surface area (Å²) in [6.07, 6.45) is 7.17. The van der Waals surface area contributed by atoms with Gasteiger partial charge in [-0.25, -0.2) is 0 Å². The molecule has 1 aromatic heterocycles. The van der Waals surface area contributed by atoms with Crippen LogP contribution in [-0.4, -0.2) is 16.1 Å². The lowest BCUT2D eigenvalue weighted by molar-refractivity contribution is 0.111. The molecule has 0 fully saturated rings. The molecule has 0 spiro atoms. The Morgan fingerprint density at radius 1 is 1.10 bits per heavy atom. The number of benzene rings is 1. The quantitative estimate of drug-likeness (QED) is 0.528. The van der Waals surface area contributed by atoms with Crippen molar-refractivity contribution in [2.75, 3.05) is 0 Å². The van der Waals surface area contributed by atoms with Gasteiger partial charge in [-0.1, -0.05) is 50.5 Å². The summed E-state index contributed by atoms with van der Waals surface area (Å²) >= 11 is 0. The van der Waals surface area contributed by atoms with Gasteiger partial charge in [-0.05, 0) is 31.4 Å². The molecule has 0 amide bonds. The van der Waals surface area contributed by atoms with Gasteiger partial charge in [-0.3, -0.25) is 9.48 Å². The summed E-state index contributed by atoms with van der Waals surface area (Å²) in [6.45, 7) is 4.94. The third kappa shape index (κ3) is 4.03. The predicted octanol–water partition coefficient (Wildman–Crippen LogP) is 4.51. The molecule has 0 aliphatic rings. The molecule has 0 saturated carbocycles. The Kier molecular flexibility index (Phi) is 5.73. The minimum atomic E-state index is 0.635. The first-order chi connectivity index (χ1) is 10.3. The van der Waals surface area contributed by atoms with Gasteiger partial charge in [0.25, 0.3) is 0 Å². The Bertz CT molecular complexity index is 569. The van der Waals surface area contributed by atoms with Crippen LogP contribution in [-0.2, 0) is 13.0 Å². The minimum Gasteiger partial charge on any atom is -0.296 e. The molecule has 1 aromatic carbocycles. The molecule has 21 heavy (non-hydrogen) atoms. The SMILES string of the molecule is CCCCCCc1ccc(-c2cc(C=O)n(CC)n2)cc1. The van der Waals surface area contributed by atoms with Crippen LogP contribution in [0.4, 0.5) is 0 Å². The van der Waals surface area contributed by atoms with Crippen molar-refractivity contribution in [2.24, 2.45) is 0 Å². The fourth-order valence-electron chi connectivity index (χ4n) is 2.52. The zero-order valence-electron chi connectivity index (χ0n) is 13.0. The highest BCUT2D eigenvalue weighted by molar-refractivity contribution is 5.75. The van der Waals surface area contributed by atoms with Crippen molar-refractivity contribution < 1.29 is 4.79 Å². The van der Waals surface area contributed by atoms with E-state index in [9.17, 15) is 4.79 Å². The summed E-state index contributed by atoms with van der Waals surface area (Å²) in [7, 11) is 0. The van der Waals surface area contributed by atoms with Crippen molar-refractivity contribution in [1.29, 1.82) is 0 Å². The molecule has 3 heteroatoms. The van der Waals surface area contributed by atoms with E-state index in [1.807, 2.05) is 13.0 Å². The lowest BCUT2D eigenvalue weighted by atomic mass is 10.0. The Labute approximate surface area is 127 Å². The van der Waals surface area contributed by atoms with Crippen molar-refractivity contribution in [1.82, 2.24) is 9.78 Å². The number of hydrogen-bond acceptors (Lipinski definition) is 2. The summed E-state index contributed by atoms with van der Waals surface area (Å²) in [6, 6.07) is 10.4. The molecular formula is C18H24N2O. The number of hydrogen-bond donors (Lipinski definition) is 0. The van der Waals surface area contributed by atoms with Crippen LogP contribution in [0.1, 0.15) is 55.6 Å². The van der Waals surface area contributed by atoms with Gasteiger partial charge in [0.1, 0.15) is 5.69 Å². The number of nitrogens with zero attached hydrogens (tertiary/aromatic N) is 2. The molecule has 1 heterocycles. The van der Waals surface area contributed by atoms with E-state index in [0.29, 0.717) is 12.2 Å². The van der Waals surface area contributed by atoms with E-state index in [0.717, 1.165) is 24.0 Å². The van der Waals surface area contributed by atoms with Gasteiger partial charge in [-0.2, -0.15) is 5.10 Å². The van der Waals surface area contributed by atoms with E-state index in [1.54, 1.807) is 4.68 Å². The highest BCUT2D eigenvalue weighted by Gasteiger charge is 2.07. The first-order valence-corrected chi connectivity index (χ1v) is 7.90. The largest absolute Gasteiger partial charge is 0.296 e. The molecule has 0 bridgehead atoms. The second kappa shape index (κ2) is 7.77. The normalized spacial score (nSPS) is 10.8. The third-order valence-electron chi connectivity index (χ3n) is 3.80. The summed E-state index contributed by atoms with van der Waals surface area (Å²) < 4.78 is 1.74. The Morgan fingerprint density at radius 2 is 1.86 bits per heavy atom. The average molecular weight is 284 g/mol. The summed E-state index contributed by atoms with van der Waals surface area (Å²) in [5.74, 6) is 0. The van der Waals surface area contributed by atoms with Crippen molar-refractivity contribution in [3.63, 3.8) is 0 Å². The maximum Gasteiger partial charge on any atom is 0.168 e. The zero-order chi connectivity index (χ0) is 15.1. The zero-order valence-corrected chi connectivity index (χ0v) is 13.0. The Balaban J connectivity index is 2.04. The summed E-state index contributed by atoms with van der Waals surface area (Å²) in [5, 5.41) is 4.47. The molecule has 112 valence electrons. The lowest BCUT2D eigenvalue weighted by Gasteiger charge is -2.03. The van der Waals surface area contributed by atoms with Crippen molar-refractivity contribution in [3.8, 4) is 11.3 Å².